The molecule has 1 saturated heterocycles. The molecule has 1 fully saturated rings. The maximum Gasteiger partial charge on any atom is 0.255 e. The molecule has 0 bridgehead atoms. The van der Waals surface area contributed by atoms with E-state index in [-0.39, 0.29) is 5.91 Å². The molecule has 0 unspecified atom stereocenters. The van der Waals surface area contributed by atoms with Crippen molar-refractivity contribution in [3.05, 3.63) is 96.1 Å². The Morgan fingerprint density at radius 3 is 2.23 bits per heavy atom. The van der Waals surface area contributed by atoms with Gasteiger partial charge in [0.2, 0.25) is 0 Å². The molecule has 0 aromatic heterocycles. The molecule has 154 valence electrons. The van der Waals surface area contributed by atoms with E-state index in [9.17, 15) is 4.79 Å². The molecule has 1 amide bonds. The Balaban J connectivity index is 1.27. The number of hydrogen-bond donors (Lipinski definition) is 1. The van der Waals surface area contributed by atoms with Crippen LogP contribution in [0.4, 0.5) is 0 Å². The van der Waals surface area contributed by atoms with Crippen molar-refractivity contribution < 1.29 is 9.53 Å². The Morgan fingerprint density at radius 2 is 1.50 bits per heavy atom. The summed E-state index contributed by atoms with van der Waals surface area (Å²) in [6, 6.07) is 27.6. The van der Waals surface area contributed by atoms with Crippen LogP contribution in [0.15, 0.2) is 84.9 Å². The monoisotopic (exact) mass is 400 g/mol. The van der Waals surface area contributed by atoms with Crippen molar-refractivity contribution in [2.75, 3.05) is 19.6 Å². The van der Waals surface area contributed by atoms with Crippen molar-refractivity contribution in [3.63, 3.8) is 0 Å². The highest BCUT2D eigenvalue weighted by Gasteiger charge is 2.21. The lowest BCUT2D eigenvalue weighted by atomic mass is 9.96. The van der Waals surface area contributed by atoms with Gasteiger partial charge >= 0.3 is 0 Å². The average Bonchev–Trinajstić information content (AvgIpc) is 2.80. The summed E-state index contributed by atoms with van der Waals surface area (Å²) in [6.45, 7) is 3.86. The summed E-state index contributed by atoms with van der Waals surface area (Å²) in [5.74, 6) is 1.75. The molecule has 0 aliphatic carbocycles. The van der Waals surface area contributed by atoms with Gasteiger partial charge in [0.05, 0.1) is 5.56 Å². The van der Waals surface area contributed by atoms with Crippen LogP contribution < -0.4 is 10.1 Å². The Hall–Kier alpha value is -3.11. The highest BCUT2D eigenvalue weighted by Crippen LogP contribution is 2.25. The van der Waals surface area contributed by atoms with E-state index in [0.29, 0.717) is 23.8 Å². The molecular formula is C26H28N2O2. The fraction of sp³-hybridized carbons (Fsp3) is 0.269. The average molecular weight is 401 g/mol. The quantitative estimate of drug-likeness (QED) is 0.598. The number of benzene rings is 3. The number of carbonyl (C=O) groups is 1. The molecule has 0 spiro atoms. The first-order valence-electron chi connectivity index (χ1n) is 10.6. The van der Waals surface area contributed by atoms with E-state index in [1.54, 1.807) is 0 Å². The lowest BCUT2D eigenvalue weighted by molar-refractivity contribution is 0.0933. The van der Waals surface area contributed by atoms with Crippen molar-refractivity contribution in [1.82, 2.24) is 10.2 Å². The number of carbonyl (C=O) groups excluding carboxylic acids is 1. The second-order valence-corrected chi connectivity index (χ2v) is 7.83. The predicted octanol–water partition coefficient (Wildman–Crippen LogP) is 5.12. The summed E-state index contributed by atoms with van der Waals surface area (Å²) in [7, 11) is 0. The van der Waals surface area contributed by atoms with Gasteiger partial charge in [-0.3, -0.25) is 9.69 Å². The third-order valence-electron chi connectivity index (χ3n) is 5.61. The Kier molecular flexibility index (Phi) is 6.78. The maximum absolute atomic E-state index is 12.8. The predicted molar refractivity (Wildman–Crippen MR) is 120 cm³/mol. The third kappa shape index (κ3) is 5.49. The SMILES string of the molecule is O=C(NCC1CCN(Cc2ccccc2)CC1)c1ccccc1Oc1ccccc1. The molecule has 1 aliphatic rings. The van der Waals surface area contributed by atoms with Gasteiger partial charge in [0.25, 0.3) is 5.91 Å². The minimum Gasteiger partial charge on any atom is -0.457 e. The van der Waals surface area contributed by atoms with Gasteiger partial charge in [-0.25, -0.2) is 0 Å². The first kappa shape index (κ1) is 20.2. The molecule has 1 N–H and O–H groups in total. The van der Waals surface area contributed by atoms with Crippen LogP contribution in [0, 0.1) is 5.92 Å². The minimum atomic E-state index is -0.0757. The van der Waals surface area contributed by atoms with Crippen LogP contribution in [-0.2, 0) is 6.54 Å². The first-order valence-corrected chi connectivity index (χ1v) is 10.6. The molecule has 4 heteroatoms. The molecule has 0 radical (unpaired) electrons. The van der Waals surface area contributed by atoms with Gasteiger partial charge in [-0.2, -0.15) is 0 Å². The summed E-state index contributed by atoms with van der Waals surface area (Å²) in [6.07, 6.45) is 2.21. The van der Waals surface area contributed by atoms with Crippen molar-refractivity contribution in [3.8, 4) is 11.5 Å². The minimum absolute atomic E-state index is 0.0757. The molecule has 30 heavy (non-hydrogen) atoms. The number of likely N-dealkylation sites (tertiary alicyclic amines) is 1. The standard InChI is InChI=1S/C26H28N2O2/c29-26(24-13-7-8-14-25(24)30-23-11-5-2-6-12-23)27-19-21-15-17-28(18-16-21)20-22-9-3-1-4-10-22/h1-14,21H,15-20H2,(H,27,29). The van der Waals surface area contributed by atoms with Crippen LogP contribution >= 0.6 is 0 Å². The molecule has 0 atom stereocenters. The summed E-state index contributed by atoms with van der Waals surface area (Å²) < 4.78 is 5.93. The zero-order valence-electron chi connectivity index (χ0n) is 17.2. The van der Waals surface area contributed by atoms with E-state index in [2.05, 4.69) is 40.5 Å². The summed E-state index contributed by atoms with van der Waals surface area (Å²) in [4.78, 5) is 15.3. The molecular weight excluding hydrogens is 372 g/mol. The fourth-order valence-electron chi connectivity index (χ4n) is 3.88. The van der Waals surface area contributed by atoms with E-state index in [4.69, 9.17) is 4.74 Å². The molecule has 1 aliphatic heterocycles. The number of rotatable bonds is 7. The van der Waals surface area contributed by atoms with E-state index in [1.165, 1.54) is 5.56 Å². The highest BCUT2D eigenvalue weighted by atomic mass is 16.5. The van der Waals surface area contributed by atoms with Crippen LogP contribution in [0.3, 0.4) is 0 Å². The normalized spacial score (nSPS) is 14.9. The van der Waals surface area contributed by atoms with Gasteiger partial charge in [-0.1, -0.05) is 60.7 Å². The van der Waals surface area contributed by atoms with Crippen LogP contribution in [0.1, 0.15) is 28.8 Å². The third-order valence-corrected chi connectivity index (χ3v) is 5.61. The molecule has 4 nitrogen and oxygen atoms in total. The fourth-order valence-corrected chi connectivity index (χ4v) is 3.88. The first-order chi connectivity index (χ1) is 14.8. The second-order valence-electron chi connectivity index (χ2n) is 7.83. The summed E-state index contributed by atoms with van der Waals surface area (Å²) in [5.41, 5.74) is 1.93. The van der Waals surface area contributed by atoms with E-state index in [0.717, 1.165) is 38.2 Å². The van der Waals surface area contributed by atoms with Crippen LogP contribution in [-0.4, -0.2) is 30.4 Å². The Labute approximate surface area is 178 Å². The van der Waals surface area contributed by atoms with Gasteiger partial charge in [0.15, 0.2) is 0 Å². The topological polar surface area (TPSA) is 41.6 Å². The van der Waals surface area contributed by atoms with Gasteiger partial charge in [-0.15, -0.1) is 0 Å². The second kappa shape index (κ2) is 10.1. The van der Waals surface area contributed by atoms with Crippen LogP contribution in [0.25, 0.3) is 0 Å². The molecule has 1 heterocycles. The zero-order chi connectivity index (χ0) is 20.6. The van der Waals surface area contributed by atoms with Crippen molar-refractivity contribution in [2.45, 2.75) is 19.4 Å². The number of para-hydroxylation sites is 2. The lowest BCUT2D eigenvalue weighted by Gasteiger charge is -2.32. The van der Waals surface area contributed by atoms with E-state index < -0.39 is 0 Å². The number of piperidine rings is 1. The smallest absolute Gasteiger partial charge is 0.255 e. The summed E-state index contributed by atoms with van der Waals surface area (Å²) >= 11 is 0. The van der Waals surface area contributed by atoms with Gasteiger partial charge < -0.3 is 10.1 Å². The summed E-state index contributed by atoms with van der Waals surface area (Å²) in [5, 5.41) is 3.12. The van der Waals surface area contributed by atoms with E-state index in [1.807, 2.05) is 54.6 Å². The van der Waals surface area contributed by atoms with Gasteiger partial charge in [-0.05, 0) is 61.7 Å². The van der Waals surface area contributed by atoms with Crippen molar-refractivity contribution in [1.29, 1.82) is 0 Å². The number of amides is 1. The Morgan fingerprint density at radius 1 is 0.867 bits per heavy atom. The van der Waals surface area contributed by atoms with Crippen LogP contribution in [0.2, 0.25) is 0 Å². The molecule has 3 aromatic carbocycles. The number of nitrogens with zero attached hydrogens (tertiary/aromatic N) is 1. The lowest BCUT2D eigenvalue weighted by Crippen LogP contribution is -2.38. The van der Waals surface area contributed by atoms with E-state index >= 15 is 0 Å². The number of ether oxygens (including phenoxy) is 1. The molecule has 3 aromatic rings. The van der Waals surface area contributed by atoms with Crippen molar-refractivity contribution in [2.24, 2.45) is 5.92 Å². The van der Waals surface area contributed by atoms with Gasteiger partial charge in [0, 0.05) is 13.1 Å². The highest BCUT2D eigenvalue weighted by molar-refractivity contribution is 5.97. The molecule has 4 rings (SSSR count). The Bertz CT molecular complexity index is 936. The van der Waals surface area contributed by atoms with Crippen molar-refractivity contribution >= 4 is 5.91 Å². The maximum atomic E-state index is 12.8. The van der Waals surface area contributed by atoms with Crippen LogP contribution in [0.5, 0.6) is 11.5 Å². The number of nitrogens with one attached hydrogen (secondary N) is 1. The molecule has 0 saturated carbocycles. The largest absolute Gasteiger partial charge is 0.457 e. The van der Waals surface area contributed by atoms with Gasteiger partial charge in [0.1, 0.15) is 11.5 Å². The zero-order valence-corrected chi connectivity index (χ0v) is 17.2. The number of hydrogen-bond acceptors (Lipinski definition) is 3.